The van der Waals surface area contributed by atoms with Crippen molar-refractivity contribution >= 4 is 5.91 Å². The molecular formula is C14H19N5O2. The maximum Gasteiger partial charge on any atom is 0.250 e. The molecule has 2 rings (SSSR count). The van der Waals surface area contributed by atoms with Crippen LogP contribution < -0.4 is 10.9 Å². The molecule has 21 heavy (non-hydrogen) atoms. The minimum absolute atomic E-state index is 0.00354. The van der Waals surface area contributed by atoms with Crippen LogP contribution in [0.25, 0.3) is 0 Å². The molecule has 0 saturated heterocycles. The summed E-state index contributed by atoms with van der Waals surface area (Å²) in [6, 6.07) is 4.59. The van der Waals surface area contributed by atoms with Crippen molar-refractivity contribution in [1.82, 2.24) is 24.6 Å². The van der Waals surface area contributed by atoms with E-state index in [1.54, 1.807) is 23.0 Å². The number of carbonyl (C=O) groups is 1. The van der Waals surface area contributed by atoms with Crippen LogP contribution in [0.4, 0.5) is 0 Å². The van der Waals surface area contributed by atoms with Crippen molar-refractivity contribution in [2.45, 2.75) is 39.4 Å². The average Bonchev–Trinajstić information content (AvgIpc) is 2.95. The van der Waals surface area contributed by atoms with E-state index in [9.17, 15) is 9.59 Å². The first kappa shape index (κ1) is 15.0. The molecular weight excluding hydrogens is 270 g/mol. The maximum absolute atomic E-state index is 12.1. The van der Waals surface area contributed by atoms with Crippen molar-refractivity contribution in [1.29, 1.82) is 0 Å². The number of amides is 1. The largest absolute Gasteiger partial charge is 0.345 e. The summed E-state index contributed by atoms with van der Waals surface area (Å²) in [7, 11) is 0. The number of hydrogen-bond acceptors (Lipinski definition) is 4. The Balaban J connectivity index is 2.07. The second-order valence-electron chi connectivity index (χ2n) is 4.63. The Labute approximate surface area is 122 Å². The summed E-state index contributed by atoms with van der Waals surface area (Å²) in [6.07, 6.45) is 3.78. The molecule has 112 valence electrons. The smallest absolute Gasteiger partial charge is 0.250 e. The molecule has 7 nitrogen and oxygen atoms in total. The molecule has 0 aliphatic carbocycles. The predicted octanol–water partition coefficient (Wildman–Crippen LogP) is 0.727. The van der Waals surface area contributed by atoms with Crippen LogP contribution in [-0.4, -0.2) is 25.2 Å². The number of pyridine rings is 1. The van der Waals surface area contributed by atoms with Gasteiger partial charge in [0.05, 0.1) is 6.04 Å². The molecule has 0 radical (unpaired) electrons. The van der Waals surface area contributed by atoms with Crippen molar-refractivity contribution in [3.63, 3.8) is 0 Å². The zero-order valence-corrected chi connectivity index (χ0v) is 12.2. The zero-order valence-electron chi connectivity index (χ0n) is 12.2. The van der Waals surface area contributed by atoms with Crippen LogP contribution in [0.1, 0.15) is 32.1 Å². The van der Waals surface area contributed by atoms with Crippen LogP contribution in [-0.2, 0) is 17.9 Å². The highest BCUT2D eigenvalue weighted by Gasteiger charge is 2.18. The Morgan fingerprint density at radius 1 is 1.38 bits per heavy atom. The molecule has 2 heterocycles. The first-order valence-electron chi connectivity index (χ1n) is 6.98. The Bertz CT molecular complexity index is 661. The number of aryl methyl sites for hydroxylation is 1. The second-order valence-corrected chi connectivity index (χ2v) is 4.63. The average molecular weight is 289 g/mol. The normalized spacial score (nSPS) is 12.1. The molecule has 1 atom stereocenters. The van der Waals surface area contributed by atoms with Gasteiger partial charge in [0.1, 0.15) is 18.7 Å². The molecule has 2 aromatic heterocycles. The molecule has 1 N–H and O–H groups in total. The van der Waals surface area contributed by atoms with Gasteiger partial charge >= 0.3 is 0 Å². The second kappa shape index (κ2) is 6.83. The van der Waals surface area contributed by atoms with Gasteiger partial charge in [-0.1, -0.05) is 13.0 Å². The fourth-order valence-electron chi connectivity index (χ4n) is 2.12. The van der Waals surface area contributed by atoms with Gasteiger partial charge in [-0.2, -0.15) is 5.10 Å². The first-order chi connectivity index (χ1) is 10.2. The summed E-state index contributed by atoms with van der Waals surface area (Å²) >= 11 is 0. The molecule has 7 heteroatoms. The Kier molecular flexibility index (Phi) is 4.86. The third-order valence-corrected chi connectivity index (χ3v) is 3.21. The lowest BCUT2D eigenvalue weighted by Crippen LogP contribution is -2.35. The van der Waals surface area contributed by atoms with Gasteiger partial charge in [-0.15, -0.1) is 0 Å². The molecule has 0 fully saturated rings. The Morgan fingerprint density at radius 2 is 2.19 bits per heavy atom. The van der Waals surface area contributed by atoms with Gasteiger partial charge in [-0.25, -0.2) is 9.67 Å². The molecule has 1 unspecified atom stereocenters. The molecule has 2 aromatic rings. The third-order valence-electron chi connectivity index (χ3n) is 3.21. The van der Waals surface area contributed by atoms with Gasteiger partial charge in [0.25, 0.3) is 5.56 Å². The van der Waals surface area contributed by atoms with Crippen LogP contribution >= 0.6 is 0 Å². The highest BCUT2D eigenvalue weighted by molar-refractivity contribution is 5.76. The standard InChI is InChI=1S/C14H19N5O2/c1-3-11(14-15-10-16-19(14)4-2)17-12(20)9-18-8-6-5-7-13(18)21/h5-8,10-11H,3-4,9H2,1-2H3,(H,17,20). The molecule has 1 amide bonds. The number of nitrogens with zero attached hydrogens (tertiary/aromatic N) is 4. The number of aromatic nitrogens is 4. The zero-order chi connectivity index (χ0) is 15.2. The van der Waals surface area contributed by atoms with E-state index in [0.29, 0.717) is 13.0 Å². The lowest BCUT2D eigenvalue weighted by atomic mass is 10.2. The summed E-state index contributed by atoms with van der Waals surface area (Å²) in [6.45, 7) is 4.63. The van der Waals surface area contributed by atoms with Crippen LogP contribution in [0, 0.1) is 0 Å². The van der Waals surface area contributed by atoms with E-state index in [4.69, 9.17) is 0 Å². The van der Waals surface area contributed by atoms with Crippen LogP contribution in [0.3, 0.4) is 0 Å². The summed E-state index contributed by atoms with van der Waals surface area (Å²) < 4.78 is 3.12. The molecule has 0 aliphatic rings. The number of nitrogens with one attached hydrogen (secondary N) is 1. The van der Waals surface area contributed by atoms with Crippen molar-refractivity contribution < 1.29 is 4.79 Å². The highest BCUT2D eigenvalue weighted by Crippen LogP contribution is 2.13. The SMILES string of the molecule is CCC(NC(=O)Cn1ccccc1=O)c1ncnn1CC. The van der Waals surface area contributed by atoms with Crippen LogP contribution in [0.5, 0.6) is 0 Å². The summed E-state index contributed by atoms with van der Waals surface area (Å²) in [5.41, 5.74) is -0.197. The van der Waals surface area contributed by atoms with E-state index < -0.39 is 0 Å². The summed E-state index contributed by atoms with van der Waals surface area (Å²) in [4.78, 5) is 27.9. The van der Waals surface area contributed by atoms with E-state index in [2.05, 4.69) is 15.4 Å². The molecule has 0 spiro atoms. The van der Waals surface area contributed by atoms with Crippen LogP contribution in [0.2, 0.25) is 0 Å². The number of rotatable bonds is 6. The monoisotopic (exact) mass is 289 g/mol. The Morgan fingerprint density at radius 3 is 2.86 bits per heavy atom. The van der Waals surface area contributed by atoms with E-state index >= 15 is 0 Å². The first-order valence-corrected chi connectivity index (χ1v) is 6.98. The lowest BCUT2D eigenvalue weighted by molar-refractivity contribution is -0.122. The fourth-order valence-corrected chi connectivity index (χ4v) is 2.12. The fraction of sp³-hybridized carbons (Fsp3) is 0.429. The van der Waals surface area contributed by atoms with Gasteiger partial charge < -0.3 is 9.88 Å². The summed E-state index contributed by atoms with van der Waals surface area (Å²) in [5, 5.41) is 7.01. The van der Waals surface area contributed by atoms with Gasteiger partial charge in [0.15, 0.2) is 0 Å². The summed E-state index contributed by atoms with van der Waals surface area (Å²) in [5.74, 6) is 0.509. The lowest BCUT2D eigenvalue weighted by Gasteiger charge is -2.17. The van der Waals surface area contributed by atoms with Crippen molar-refractivity contribution in [3.05, 3.63) is 46.9 Å². The minimum atomic E-state index is -0.221. The molecule has 0 saturated carbocycles. The maximum atomic E-state index is 12.1. The van der Waals surface area contributed by atoms with Crippen molar-refractivity contribution in [2.24, 2.45) is 0 Å². The molecule has 0 aliphatic heterocycles. The van der Waals surface area contributed by atoms with Gasteiger partial charge in [-0.3, -0.25) is 9.59 Å². The van der Waals surface area contributed by atoms with E-state index in [1.165, 1.54) is 17.0 Å². The highest BCUT2D eigenvalue weighted by atomic mass is 16.2. The van der Waals surface area contributed by atoms with Crippen LogP contribution in [0.15, 0.2) is 35.5 Å². The predicted molar refractivity (Wildman–Crippen MR) is 77.6 cm³/mol. The van der Waals surface area contributed by atoms with Gasteiger partial charge in [0, 0.05) is 18.8 Å². The Hall–Kier alpha value is -2.44. The van der Waals surface area contributed by atoms with Crippen molar-refractivity contribution in [3.8, 4) is 0 Å². The van der Waals surface area contributed by atoms with E-state index in [-0.39, 0.29) is 24.1 Å². The van der Waals surface area contributed by atoms with E-state index in [1.807, 2.05) is 13.8 Å². The quantitative estimate of drug-likeness (QED) is 0.850. The van der Waals surface area contributed by atoms with Crippen molar-refractivity contribution in [2.75, 3.05) is 0 Å². The topological polar surface area (TPSA) is 81.8 Å². The number of carbonyl (C=O) groups excluding carboxylic acids is 1. The number of hydrogen-bond donors (Lipinski definition) is 1. The van der Waals surface area contributed by atoms with E-state index in [0.717, 1.165) is 5.82 Å². The molecule has 0 aromatic carbocycles. The van der Waals surface area contributed by atoms with Gasteiger partial charge in [0.2, 0.25) is 5.91 Å². The van der Waals surface area contributed by atoms with Gasteiger partial charge in [-0.05, 0) is 19.4 Å². The molecule has 0 bridgehead atoms. The third kappa shape index (κ3) is 3.56. The minimum Gasteiger partial charge on any atom is -0.345 e.